The molecule has 2 aliphatic carbocycles. The monoisotopic (exact) mass is 385 g/mol. The second-order valence-corrected chi connectivity index (χ2v) is 7.96. The lowest BCUT2D eigenvalue weighted by Gasteiger charge is -2.41. The maximum atomic E-state index is 13.2. The largest absolute Gasteiger partial charge is 0.291 e. The number of aromatic amines is 1. The van der Waals surface area contributed by atoms with E-state index in [1.54, 1.807) is 18.6 Å². The number of pyridine rings is 1. The van der Waals surface area contributed by atoms with E-state index in [9.17, 15) is 4.79 Å². The molecular weight excluding hydrogens is 362 g/mol. The molecule has 2 heterocycles. The molecule has 29 heavy (non-hydrogen) atoms. The Kier molecular flexibility index (Phi) is 4.46. The number of hydrazone groups is 1. The fraction of sp³-hybridized carbons (Fsp3) is 0.304. The number of hydrogen-bond acceptors (Lipinski definition) is 5. The lowest BCUT2D eigenvalue weighted by molar-refractivity contribution is 0.285. The van der Waals surface area contributed by atoms with Crippen molar-refractivity contribution >= 4 is 12.2 Å². The molecule has 3 aromatic rings. The Hall–Kier alpha value is -3.28. The topological polar surface area (TPSA) is 83.0 Å². The number of nitrogens with one attached hydrogen (secondary N) is 2. The quantitative estimate of drug-likeness (QED) is 0.527. The number of nitrogens with zero attached hydrogens (tertiary/aromatic N) is 3. The summed E-state index contributed by atoms with van der Waals surface area (Å²) in [5, 5.41) is 4.23. The van der Waals surface area contributed by atoms with Crippen LogP contribution in [0.4, 0.5) is 5.95 Å². The number of rotatable bonds is 3. The van der Waals surface area contributed by atoms with Gasteiger partial charge in [-0.25, -0.2) is 10.4 Å². The summed E-state index contributed by atoms with van der Waals surface area (Å²) in [4.78, 5) is 24.9. The molecule has 0 bridgehead atoms. The molecule has 146 valence electrons. The van der Waals surface area contributed by atoms with Gasteiger partial charge in [0.1, 0.15) is 0 Å². The van der Waals surface area contributed by atoms with E-state index in [-0.39, 0.29) is 11.0 Å². The van der Waals surface area contributed by atoms with Gasteiger partial charge < -0.3 is 0 Å². The average molecular weight is 385 g/mol. The smallest absolute Gasteiger partial charge is 0.256 e. The van der Waals surface area contributed by atoms with Gasteiger partial charge in [-0.2, -0.15) is 5.10 Å². The molecule has 2 aliphatic rings. The van der Waals surface area contributed by atoms with Gasteiger partial charge in [0.05, 0.1) is 17.5 Å². The molecule has 1 fully saturated rings. The highest BCUT2D eigenvalue weighted by Gasteiger charge is 2.42. The third-order valence-electron chi connectivity index (χ3n) is 6.15. The van der Waals surface area contributed by atoms with E-state index in [4.69, 9.17) is 4.98 Å². The van der Waals surface area contributed by atoms with Crippen molar-refractivity contribution in [3.8, 4) is 11.3 Å². The average Bonchev–Trinajstić information content (AvgIpc) is 2.75. The number of hydrogen-bond donors (Lipinski definition) is 2. The zero-order valence-electron chi connectivity index (χ0n) is 16.2. The molecule has 0 atom stereocenters. The molecule has 6 heteroatoms. The van der Waals surface area contributed by atoms with Crippen molar-refractivity contribution in [1.29, 1.82) is 0 Å². The molecular formula is C23H23N5O. The first-order valence-corrected chi connectivity index (χ1v) is 10.2. The van der Waals surface area contributed by atoms with Crippen molar-refractivity contribution < 1.29 is 0 Å². The Morgan fingerprint density at radius 2 is 1.86 bits per heavy atom. The standard InChI is InChI=1S/C23H23N5O/c29-21-19-20(26-22(27-21)28-25-15-16-8-12-24-13-9-16)18-7-3-2-6-17(18)14-23(19)10-4-1-5-11-23/h2-3,6-9,12-13,15H,1,4-5,10-11,14H2,(H2,26,27,28,29)/b25-15+. The van der Waals surface area contributed by atoms with E-state index in [2.05, 4.69) is 38.7 Å². The van der Waals surface area contributed by atoms with Crippen molar-refractivity contribution in [3.63, 3.8) is 0 Å². The van der Waals surface area contributed by atoms with Crippen molar-refractivity contribution in [2.75, 3.05) is 5.43 Å². The molecule has 5 rings (SSSR count). The molecule has 0 radical (unpaired) electrons. The maximum Gasteiger partial charge on any atom is 0.256 e. The molecule has 0 saturated heterocycles. The Labute approximate surface area is 169 Å². The second kappa shape index (κ2) is 7.28. The Morgan fingerprint density at radius 1 is 1.07 bits per heavy atom. The normalized spacial score (nSPS) is 17.1. The second-order valence-electron chi connectivity index (χ2n) is 7.96. The van der Waals surface area contributed by atoms with E-state index >= 15 is 0 Å². The Morgan fingerprint density at radius 3 is 2.69 bits per heavy atom. The molecule has 2 N–H and O–H groups in total. The Balaban J connectivity index is 1.56. The van der Waals surface area contributed by atoms with Crippen molar-refractivity contribution in [2.45, 2.75) is 43.9 Å². The van der Waals surface area contributed by atoms with Crippen LogP contribution in [0.1, 0.15) is 48.8 Å². The molecule has 1 spiro atoms. The summed E-state index contributed by atoms with van der Waals surface area (Å²) in [6.45, 7) is 0. The van der Waals surface area contributed by atoms with Crippen LogP contribution in [0.15, 0.2) is 58.7 Å². The van der Waals surface area contributed by atoms with Crippen molar-refractivity contribution in [1.82, 2.24) is 15.0 Å². The fourth-order valence-corrected chi connectivity index (χ4v) is 4.84. The zero-order valence-corrected chi connectivity index (χ0v) is 16.2. The van der Waals surface area contributed by atoms with E-state index < -0.39 is 0 Å². The van der Waals surface area contributed by atoms with Gasteiger partial charge in [0, 0.05) is 23.4 Å². The highest BCUT2D eigenvalue weighted by atomic mass is 16.1. The summed E-state index contributed by atoms with van der Waals surface area (Å²) < 4.78 is 0. The molecule has 0 aliphatic heterocycles. The summed E-state index contributed by atoms with van der Waals surface area (Å²) in [5.41, 5.74) is 7.67. The minimum absolute atomic E-state index is 0.0481. The van der Waals surface area contributed by atoms with Gasteiger partial charge in [-0.3, -0.25) is 14.8 Å². The summed E-state index contributed by atoms with van der Waals surface area (Å²) >= 11 is 0. The SMILES string of the molecule is O=c1[nH]c(N/N=C/c2ccncc2)nc2c1C1(CCCCC1)Cc1ccccc1-2. The fourth-order valence-electron chi connectivity index (χ4n) is 4.84. The third-order valence-corrected chi connectivity index (χ3v) is 6.15. The maximum absolute atomic E-state index is 13.2. The highest BCUT2D eigenvalue weighted by Crippen LogP contribution is 2.48. The molecule has 6 nitrogen and oxygen atoms in total. The summed E-state index contributed by atoms with van der Waals surface area (Å²) in [7, 11) is 0. The van der Waals surface area contributed by atoms with Gasteiger partial charge in [0.15, 0.2) is 0 Å². The molecule has 1 aromatic carbocycles. The van der Waals surface area contributed by atoms with Gasteiger partial charge in [0.2, 0.25) is 5.95 Å². The van der Waals surface area contributed by atoms with E-state index in [1.165, 1.54) is 12.0 Å². The highest BCUT2D eigenvalue weighted by molar-refractivity contribution is 5.79. The van der Waals surface area contributed by atoms with E-state index in [0.29, 0.717) is 5.95 Å². The number of benzene rings is 1. The van der Waals surface area contributed by atoms with Crippen LogP contribution in [0.2, 0.25) is 0 Å². The molecule has 0 unspecified atom stereocenters. The van der Waals surface area contributed by atoms with E-state index in [1.807, 2.05) is 18.2 Å². The lowest BCUT2D eigenvalue weighted by atomic mass is 9.62. The zero-order chi connectivity index (χ0) is 19.7. The van der Waals surface area contributed by atoms with Crippen LogP contribution in [0.3, 0.4) is 0 Å². The van der Waals surface area contributed by atoms with Crippen LogP contribution in [0.25, 0.3) is 11.3 Å². The van der Waals surface area contributed by atoms with Crippen molar-refractivity contribution in [3.05, 3.63) is 75.8 Å². The first-order chi connectivity index (χ1) is 14.3. The summed E-state index contributed by atoms with van der Waals surface area (Å²) in [5.74, 6) is 0.363. The predicted octanol–water partition coefficient (Wildman–Crippen LogP) is 4.04. The Bertz CT molecular complexity index is 1110. The first kappa shape index (κ1) is 17.8. The van der Waals surface area contributed by atoms with Gasteiger partial charge in [-0.1, -0.05) is 43.5 Å². The van der Waals surface area contributed by atoms with Gasteiger partial charge in [-0.15, -0.1) is 0 Å². The van der Waals surface area contributed by atoms with Gasteiger partial charge in [0.25, 0.3) is 5.56 Å². The molecule has 0 amide bonds. The summed E-state index contributed by atoms with van der Waals surface area (Å²) in [6.07, 6.45) is 11.7. The van der Waals surface area contributed by atoms with Crippen LogP contribution < -0.4 is 11.0 Å². The van der Waals surface area contributed by atoms with Crippen LogP contribution in [-0.2, 0) is 11.8 Å². The number of fused-ring (bicyclic) bond motifs is 4. The van der Waals surface area contributed by atoms with Crippen LogP contribution in [0.5, 0.6) is 0 Å². The minimum Gasteiger partial charge on any atom is -0.291 e. The van der Waals surface area contributed by atoms with Crippen molar-refractivity contribution in [2.24, 2.45) is 5.10 Å². The lowest BCUT2D eigenvalue weighted by Crippen LogP contribution is -2.40. The third kappa shape index (κ3) is 3.24. The number of aromatic nitrogens is 3. The van der Waals surface area contributed by atoms with E-state index in [0.717, 1.165) is 54.5 Å². The predicted molar refractivity (Wildman–Crippen MR) is 114 cm³/mol. The minimum atomic E-state index is -0.0959. The van der Waals surface area contributed by atoms with Gasteiger partial charge in [-0.05, 0) is 42.5 Å². The van der Waals surface area contributed by atoms with Crippen LogP contribution in [0, 0.1) is 0 Å². The first-order valence-electron chi connectivity index (χ1n) is 10.2. The number of H-pyrrole nitrogens is 1. The summed E-state index contributed by atoms with van der Waals surface area (Å²) in [6, 6.07) is 12.0. The molecule has 1 saturated carbocycles. The van der Waals surface area contributed by atoms with Gasteiger partial charge >= 0.3 is 0 Å². The van der Waals surface area contributed by atoms with Crippen LogP contribution in [-0.4, -0.2) is 21.2 Å². The molecule has 2 aromatic heterocycles. The van der Waals surface area contributed by atoms with Crippen LogP contribution >= 0.6 is 0 Å². The number of anilines is 1.